The molecule has 0 N–H and O–H groups in total. The Bertz CT molecular complexity index is 4260. The lowest BCUT2D eigenvalue weighted by molar-refractivity contribution is -0.572. The van der Waals surface area contributed by atoms with Gasteiger partial charge in [-0.25, -0.2) is 4.98 Å². The van der Waals surface area contributed by atoms with Gasteiger partial charge in [-0.2, -0.15) is 0 Å². The fraction of sp³-hybridized carbons (Fsp3) is 0.129. The second-order valence-corrected chi connectivity index (χ2v) is 18.5. The number of nitrogens with zero attached hydrogens (tertiary/aromatic N) is 4. The number of fused-ring (bicyclic) bond motifs is 4. The van der Waals surface area contributed by atoms with Crippen LogP contribution in [0.5, 0.6) is 11.5 Å². The van der Waals surface area contributed by atoms with Crippen molar-refractivity contribution in [3.8, 4) is 62.1 Å². The highest BCUT2D eigenvalue weighted by molar-refractivity contribution is 6.09. The van der Waals surface area contributed by atoms with Gasteiger partial charge in [-0.1, -0.05) is 169 Å². The molecular formula is C62H52N4O. The molecule has 0 fully saturated rings. The molecule has 326 valence electrons. The molecular weight excluding hydrogens is 817 g/mol. The third-order valence-electron chi connectivity index (χ3n) is 11.9. The number of imidazole rings is 1. The van der Waals surface area contributed by atoms with Gasteiger partial charge < -0.3 is 4.74 Å². The lowest BCUT2D eigenvalue weighted by Gasteiger charge is -2.26. The standard InChI is InChI=1S/C62H52N4O/c1-61(2,3)47-33-34-63-59(38-47)66-55-28-14-13-25-52(55)53-32-31-50(40-58(53)66)67-49-24-17-23-48(39-49)64-41-65(57-30-16-15-29-56(57)64)60-51(26-18-27-54(60)62(4,5)6)46-36-44(42-19-9-7-10-20-42)35-45(37-46)43-21-11-8-12-22-43/h7-40H,1-6H3/i7D,8D,9D,10D,11D,12D,19D,20D,21D,22D,35D,36D,37D. The van der Waals surface area contributed by atoms with Crippen molar-refractivity contribution in [1.82, 2.24) is 14.1 Å². The van der Waals surface area contributed by atoms with Gasteiger partial charge in [0, 0.05) is 23.0 Å². The van der Waals surface area contributed by atoms with E-state index in [4.69, 9.17) is 23.4 Å². The van der Waals surface area contributed by atoms with Crippen LogP contribution in [-0.2, 0) is 10.8 Å². The van der Waals surface area contributed by atoms with Crippen molar-refractivity contribution in [1.29, 1.82) is 0 Å². The van der Waals surface area contributed by atoms with Gasteiger partial charge in [0.15, 0.2) is 0 Å². The van der Waals surface area contributed by atoms with Gasteiger partial charge >= 0.3 is 0 Å². The molecule has 3 aromatic heterocycles. The number of hydrogen-bond acceptors (Lipinski definition) is 2. The molecule has 0 radical (unpaired) electrons. The summed E-state index contributed by atoms with van der Waals surface area (Å²) in [6.45, 7) is 12.5. The summed E-state index contributed by atoms with van der Waals surface area (Å²) in [5.41, 5.74) is 3.53. The molecule has 0 aliphatic heterocycles. The first-order chi connectivity index (χ1) is 37.9. The van der Waals surface area contributed by atoms with Gasteiger partial charge in [0.2, 0.25) is 0 Å². The van der Waals surface area contributed by atoms with Crippen LogP contribution >= 0.6 is 0 Å². The smallest absolute Gasteiger partial charge is 0.269 e. The van der Waals surface area contributed by atoms with Gasteiger partial charge in [-0.3, -0.25) is 13.7 Å². The Labute approximate surface area is 411 Å². The van der Waals surface area contributed by atoms with E-state index in [1.165, 1.54) is 0 Å². The van der Waals surface area contributed by atoms with Crippen LogP contribution in [0.25, 0.3) is 83.4 Å². The Morgan fingerprint density at radius 2 is 1.19 bits per heavy atom. The van der Waals surface area contributed by atoms with Crippen molar-refractivity contribution in [2.45, 2.75) is 52.4 Å². The minimum atomic E-state index is -0.733. The van der Waals surface area contributed by atoms with Crippen LogP contribution in [0.15, 0.2) is 206 Å². The van der Waals surface area contributed by atoms with Gasteiger partial charge in [0.1, 0.15) is 17.3 Å². The molecule has 11 rings (SSSR count). The van der Waals surface area contributed by atoms with E-state index in [9.17, 15) is 4.11 Å². The summed E-state index contributed by atoms with van der Waals surface area (Å²) in [4.78, 5) is 4.84. The predicted molar refractivity (Wildman–Crippen MR) is 276 cm³/mol. The summed E-state index contributed by atoms with van der Waals surface area (Å²) in [6.07, 6.45) is 5.43. The molecule has 5 heteroatoms. The summed E-state index contributed by atoms with van der Waals surface area (Å²) in [5.74, 6) is 1.91. The summed E-state index contributed by atoms with van der Waals surface area (Å²) >= 11 is 0. The number of aromatic nitrogens is 4. The third kappa shape index (κ3) is 7.76. The molecule has 0 spiro atoms. The highest BCUT2D eigenvalue weighted by Gasteiger charge is 2.26. The monoisotopic (exact) mass is 881 g/mol. The van der Waals surface area contributed by atoms with Crippen molar-refractivity contribution in [3.05, 3.63) is 224 Å². The van der Waals surface area contributed by atoms with Gasteiger partial charge in [-0.05, 0) is 122 Å². The minimum absolute atomic E-state index is 0.101. The number of hydrogen-bond donors (Lipinski definition) is 0. The zero-order valence-corrected chi connectivity index (χ0v) is 37.8. The Balaban J connectivity index is 1.12. The fourth-order valence-electron chi connectivity index (χ4n) is 8.70. The second kappa shape index (κ2) is 16.4. The molecule has 0 saturated carbocycles. The molecule has 0 unspecified atom stereocenters. The van der Waals surface area contributed by atoms with Crippen LogP contribution < -0.4 is 9.30 Å². The first-order valence-electron chi connectivity index (χ1n) is 28.6. The summed E-state index contributed by atoms with van der Waals surface area (Å²) in [5, 5.41) is 2.12. The van der Waals surface area contributed by atoms with Gasteiger partial charge in [0.05, 0.1) is 51.3 Å². The van der Waals surface area contributed by atoms with Crippen molar-refractivity contribution in [2.75, 3.05) is 0 Å². The lowest BCUT2D eigenvalue weighted by atomic mass is 9.82. The molecule has 0 aliphatic carbocycles. The number of pyridine rings is 1. The predicted octanol–water partition coefficient (Wildman–Crippen LogP) is 15.6. The van der Waals surface area contributed by atoms with E-state index in [1.807, 2.05) is 121 Å². The topological polar surface area (TPSA) is 35.9 Å². The average Bonchev–Trinajstić information content (AvgIpc) is 4.13. The van der Waals surface area contributed by atoms with E-state index in [-0.39, 0.29) is 16.5 Å². The summed E-state index contributed by atoms with van der Waals surface area (Å²) in [7, 11) is 0. The molecule has 3 heterocycles. The normalized spacial score (nSPS) is 14.7. The van der Waals surface area contributed by atoms with Crippen molar-refractivity contribution >= 4 is 32.8 Å². The molecule has 0 saturated heterocycles. The van der Waals surface area contributed by atoms with Crippen LogP contribution in [0.3, 0.4) is 0 Å². The summed E-state index contributed by atoms with van der Waals surface area (Å²) in [6, 6.07) is 29.9. The van der Waals surface area contributed by atoms with Gasteiger partial charge in [0.25, 0.3) is 6.33 Å². The lowest BCUT2D eigenvalue weighted by Crippen LogP contribution is -2.34. The molecule has 0 bridgehead atoms. The highest BCUT2D eigenvalue weighted by Crippen LogP contribution is 2.40. The van der Waals surface area contributed by atoms with E-state index >= 15 is 0 Å². The zero-order valence-electron chi connectivity index (χ0n) is 50.8. The maximum Gasteiger partial charge on any atom is 0.269 e. The molecule has 11 aromatic rings. The molecule has 5 nitrogen and oxygen atoms in total. The van der Waals surface area contributed by atoms with E-state index in [0.717, 1.165) is 33.2 Å². The molecule has 8 aromatic carbocycles. The Morgan fingerprint density at radius 3 is 1.91 bits per heavy atom. The van der Waals surface area contributed by atoms with Crippen LogP contribution in [0, 0.1) is 6.33 Å². The second-order valence-electron chi connectivity index (χ2n) is 18.5. The van der Waals surface area contributed by atoms with Crippen LogP contribution in [0.4, 0.5) is 0 Å². The van der Waals surface area contributed by atoms with Crippen molar-refractivity contribution < 1.29 is 27.1 Å². The van der Waals surface area contributed by atoms with Crippen LogP contribution in [0.2, 0.25) is 0 Å². The van der Waals surface area contributed by atoms with E-state index in [1.54, 1.807) is 12.1 Å². The number of rotatable bonds is 8. The zero-order chi connectivity index (χ0) is 57.2. The maximum atomic E-state index is 10.0. The highest BCUT2D eigenvalue weighted by atomic mass is 16.5. The first-order valence-corrected chi connectivity index (χ1v) is 22.1. The third-order valence-corrected chi connectivity index (χ3v) is 11.9. The van der Waals surface area contributed by atoms with E-state index in [2.05, 4.69) is 55.9 Å². The van der Waals surface area contributed by atoms with Crippen molar-refractivity contribution in [3.63, 3.8) is 0 Å². The van der Waals surface area contributed by atoms with E-state index < -0.39 is 106 Å². The van der Waals surface area contributed by atoms with Crippen molar-refractivity contribution in [2.24, 2.45) is 0 Å². The maximum absolute atomic E-state index is 10.0. The first kappa shape index (κ1) is 29.5. The average molecular weight is 882 g/mol. The minimum Gasteiger partial charge on any atom is -0.458 e. The fourth-order valence-corrected chi connectivity index (χ4v) is 8.70. The Hall–Kier alpha value is -8.02. The number of para-hydroxylation sites is 4. The van der Waals surface area contributed by atoms with Gasteiger partial charge in [-0.15, -0.1) is 0 Å². The molecule has 67 heavy (non-hydrogen) atoms. The number of benzene rings is 8. The van der Waals surface area contributed by atoms with E-state index in [0.29, 0.717) is 39.5 Å². The van der Waals surface area contributed by atoms with Crippen LogP contribution in [-0.4, -0.2) is 14.1 Å². The SMILES string of the molecule is [2H]c1c([2H])c([2H])c(-c2c([2H])c(-c3cccc(C(C)(C)C)c3-[n+]3[c-]n(-c4cccc(Oc5ccc6c7ccccc7n(-c7cc(C(C)(C)C)ccn7)c6c5)c4)c4ccccc43)c([2H])c(-c3c([2H])c([2H])c([2H])c([2H])c3[2H])c2[2H])c([2H])c1[2H]. The Morgan fingerprint density at radius 1 is 0.552 bits per heavy atom. The molecule has 0 amide bonds. The Kier molecular flexibility index (Phi) is 7.24. The number of ether oxygens (including phenoxy) is 1. The quantitative estimate of drug-likeness (QED) is 0.113. The molecule has 0 atom stereocenters. The largest absolute Gasteiger partial charge is 0.458 e. The van der Waals surface area contributed by atoms with Crippen LogP contribution in [0.1, 0.15) is 70.5 Å². The molecule has 0 aliphatic rings. The summed E-state index contributed by atoms with van der Waals surface area (Å²) < 4.78 is 130.